The molecule has 3 heterocycles. The first-order valence-electron chi connectivity index (χ1n) is 7.31. The molecule has 0 radical (unpaired) electrons. The second kappa shape index (κ2) is 4.97. The highest BCUT2D eigenvalue weighted by molar-refractivity contribution is 6.45. The number of pyridine rings is 2. The molecule has 0 bridgehead atoms. The maximum absolute atomic E-state index is 6.33. The molecule has 0 saturated heterocycles. The van der Waals surface area contributed by atoms with Crippen molar-refractivity contribution in [3.05, 3.63) is 58.8 Å². The van der Waals surface area contributed by atoms with Crippen LogP contribution < -0.4 is 0 Å². The van der Waals surface area contributed by atoms with Crippen molar-refractivity contribution in [3.8, 4) is 0 Å². The average Bonchev–Trinajstić information content (AvgIpc) is 2.64. The van der Waals surface area contributed by atoms with Gasteiger partial charge in [-0.1, -0.05) is 23.2 Å². The fourth-order valence-corrected chi connectivity index (χ4v) is 3.36. The molecule has 0 amide bonds. The SMILES string of the molecule is Clc1ccc2nc3c4cccnc4c4ncccc4c3nc2c1Cl. The Bertz CT molecular complexity index is 1280. The Morgan fingerprint density at radius 3 is 1.92 bits per heavy atom. The lowest BCUT2D eigenvalue weighted by molar-refractivity contribution is 1.36. The molecule has 114 valence electrons. The summed E-state index contributed by atoms with van der Waals surface area (Å²) in [6, 6.07) is 11.3. The smallest absolute Gasteiger partial charge is 0.110 e. The molecule has 5 rings (SSSR count). The van der Waals surface area contributed by atoms with Crippen LogP contribution in [0.25, 0.3) is 43.9 Å². The van der Waals surface area contributed by atoms with E-state index < -0.39 is 0 Å². The molecule has 24 heavy (non-hydrogen) atoms. The third-order valence-corrected chi connectivity index (χ3v) is 4.87. The molecule has 4 nitrogen and oxygen atoms in total. The van der Waals surface area contributed by atoms with Crippen LogP contribution in [-0.2, 0) is 0 Å². The Labute approximate surface area is 146 Å². The topological polar surface area (TPSA) is 51.6 Å². The number of aromatic nitrogens is 4. The summed E-state index contributed by atoms with van der Waals surface area (Å²) in [5.41, 5.74) is 4.43. The lowest BCUT2D eigenvalue weighted by Crippen LogP contribution is -1.94. The number of halogens is 2. The second-order valence-electron chi connectivity index (χ2n) is 5.45. The molecule has 0 saturated carbocycles. The first-order chi connectivity index (χ1) is 11.7. The van der Waals surface area contributed by atoms with E-state index >= 15 is 0 Å². The Morgan fingerprint density at radius 1 is 0.625 bits per heavy atom. The zero-order valence-corrected chi connectivity index (χ0v) is 13.7. The van der Waals surface area contributed by atoms with Crippen molar-refractivity contribution < 1.29 is 0 Å². The summed E-state index contributed by atoms with van der Waals surface area (Å²) in [6.45, 7) is 0. The summed E-state index contributed by atoms with van der Waals surface area (Å²) in [7, 11) is 0. The van der Waals surface area contributed by atoms with Gasteiger partial charge in [0.2, 0.25) is 0 Å². The fraction of sp³-hybridized carbons (Fsp3) is 0. The minimum absolute atomic E-state index is 0.409. The highest BCUT2D eigenvalue weighted by Crippen LogP contribution is 2.34. The normalized spacial score (nSPS) is 11.8. The predicted octanol–water partition coefficient (Wildman–Crippen LogP) is 5.19. The minimum atomic E-state index is 0.409. The van der Waals surface area contributed by atoms with Crippen molar-refractivity contribution in [1.29, 1.82) is 0 Å². The fourth-order valence-electron chi connectivity index (χ4n) is 3.01. The van der Waals surface area contributed by atoms with E-state index in [1.165, 1.54) is 0 Å². The van der Waals surface area contributed by atoms with E-state index in [0.29, 0.717) is 21.1 Å². The first-order valence-corrected chi connectivity index (χ1v) is 8.06. The highest BCUT2D eigenvalue weighted by atomic mass is 35.5. The first kappa shape index (κ1) is 13.8. The van der Waals surface area contributed by atoms with Crippen LogP contribution in [-0.4, -0.2) is 19.9 Å². The Hall–Kier alpha value is -2.56. The van der Waals surface area contributed by atoms with Crippen LogP contribution in [0.5, 0.6) is 0 Å². The van der Waals surface area contributed by atoms with Crippen molar-refractivity contribution in [2.45, 2.75) is 0 Å². The van der Waals surface area contributed by atoms with E-state index in [2.05, 4.69) is 9.97 Å². The standard InChI is InChI=1S/C18H8Cl2N4/c19-11-5-6-12-18(13(11)20)24-17-10-4-2-8-22-15(10)14-9(16(17)23-12)3-1-7-21-14/h1-8H. The van der Waals surface area contributed by atoms with Crippen molar-refractivity contribution in [3.63, 3.8) is 0 Å². The van der Waals surface area contributed by atoms with E-state index in [4.69, 9.17) is 33.2 Å². The molecule has 0 N–H and O–H groups in total. The molecule has 0 aliphatic rings. The van der Waals surface area contributed by atoms with E-state index in [0.717, 1.165) is 32.8 Å². The minimum Gasteiger partial charge on any atom is -0.254 e. The summed E-state index contributed by atoms with van der Waals surface area (Å²) in [6.07, 6.45) is 3.51. The number of fused-ring (bicyclic) bond motifs is 7. The lowest BCUT2D eigenvalue weighted by Gasteiger charge is -2.09. The number of benzene rings is 2. The molecule has 0 fully saturated rings. The van der Waals surface area contributed by atoms with Gasteiger partial charge in [-0.15, -0.1) is 0 Å². The Morgan fingerprint density at radius 2 is 1.25 bits per heavy atom. The number of nitrogens with zero attached hydrogens (tertiary/aromatic N) is 4. The maximum Gasteiger partial charge on any atom is 0.110 e. The van der Waals surface area contributed by atoms with Gasteiger partial charge in [-0.3, -0.25) is 9.97 Å². The van der Waals surface area contributed by atoms with Gasteiger partial charge in [0.25, 0.3) is 0 Å². The van der Waals surface area contributed by atoms with Crippen LogP contribution in [0.1, 0.15) is 0 Å². The van der Waals surface area contributed by atoms with Gasteiger partial charge in [-0.2, -0.15) is 0 Å². The van der Waals surface area contributed by atoms with Crippen LogP contribution in [0.2, 0.25) is 10.0 Å². The molecule has 0 spiro atoms. The van der Waals surface area contributed by atoms with E-state index in [1.54, 1.807) is 18.5 Å². The Kier molecular flexibility index (Phi) is 2.86. The predicted molar refractivity (Wildman–Crippen MR) is 97.7 cm³/mol. The van der Waals surface area contributed by atoms with Crippen LogP contribution in [0, 0.1) is 0 Å². The molecule has 0 aliphatic carbocycles. The third-order valence-electron chi connectivity index (χ3n) is 4.08. The van der Waals surface area contributed by atoms with Gasteiger partial charge in [0.1, 0.15) is 5.52 Å². The summed E-state index contributed by atoms with van der Waals surface area (Å²) in [5.74, 6) is 0. The van der Waals surface area contributed by atoms with Gasteiger partial charge >= 0.3 is 0 Å². The van der Waals surface area contributed by atoms with Crippen molar-refractivity contribution in [2.24, 2.45) is 0 Å². The largest absolute Gasteiger partial charge is 0.254 e. The van der Waals surface area contributed by atoms with Crippen LogP contribution >= 0.6 is 23.2 Å². The lowest BCUT2D eigenvalue weighted by atomic mass is 10.1. The number of hydrogen-bond donors (Lipinski definition) is 0. The molecule has 0 atom stereocenters. The van der Waals surface area contributed by atoms with Gasteiger partial charge in [0.15, 0.2) is 0 Å². The quantitative estimate of drug-likeness (QED) is 0.285. The van der Waals surface area contributed by atoms with Crippen molar-refractivity contribution >= 4 is 67.1 Å². The van der Waals surface area contributed by atoms with Gasteiger partial charge in [-0.05, 0) is 36.4 Å². The number of rotatable bonds is 0. The zero-order valence-electron chi connectivity index (χ0n) is 12.2. The molecular weight excluding hydrogens is 343 g/mol. The molecule has 6 heteroatoms. The maximum atomic E-state index is 6.33. The summed E-state index contributed by atoms with van der Waals surface area (Å²) in [4.78, 5) is 18.5. The number of hydrogen-bond acceptors (Lipinski definition) is 4. The summed E-state index contributed by atoms with van der Waals surface area (Å²) >= 11 is 12.5. The van der Waals surface area contributed by atoms with Gasteiger partial charge < -0.3 is 0 Å². The molecule has 0 unspecified atom stereocenters. The zero-order chi connectivity index (χ0) is 16.3. The molecule has 2 aromatic carbocycles. The van der Waals surface area contributed by atoms with Gasteiger partial charge in [-0.25, -0.2) is 9.97 Å². The van der Waals surface area contributed by atoms with Gasteiger partial charge in [0.05, 0.1) is 37.6 Å². The van der Waals surface area contributed by atoms with E-state index in [9.17, 15) is 0 Å². The molecular formula is C18H8Cl2N4. The average molecular weight is 351 g/mol. The highest BCUT2D eigenvalue weighted by Gasteiger charge is 2.15. The molecule has 0 aliphatic heterocycles. The van der Waals surface area contributed by atoms with Crippen molar-refractivity contribution in [1.82, 2.24) is 19.9 Å². The monoisotopic (exact) mass is 350 g/mol. The van der Waals surface area contributed by atoms with Gasteiger partial charge in [0, 0.05) is 23.2 Å². The van der Waals surface area contributed by atoms with Crippen LogP contribution in [0.4, 0.5) is 0 Å². The molecule has 5 aromatic rings. The summed E-state index contributed by atoms with van der Waals surface area (Å²) in [5, 5.41) is 2.68. The van der Waals surface area contributed by atoms with Crippen LogP contribution in [0.15, 0.2) is 48.8 Å². The second-order valence-corrected chi connectivity index (χ2v) is 6.23. The van der Waals surface area contributed by atoms with E-state index in [1.807, 2.05) is 30.3 Å². The van der Waals surface area contributed by atoms with E-state index in [-0.39, 0.29) is 0 Å². The Balaban J connectivity index is 2.14. The summed E-state index contributed by atoms with van der Waals surface area (Å²) < 4.78 is 0. The molecule has 3 aromatic heterocycles. The van der Waals surface area contributed by atoms with Crippen molar-refractivity contribution in [2.75, 3.05) is 0 Å². The third kappa shape index (κ3) is 1.81. The van der Waals surface area contributed by atoms with Crippen LogP contribution in [0.3, 0.4) is 0 Å².